The molecule has 0 aromatic heterocycles. The van der Waals surface area contributed by atoms with Crippen molar-refractivity contribution in [3.05, 3.63) is 107 Å². The Balaban J connectivity index is 2.01. The summed E-state index contributed by atoms with van der Waals surface area (Å²) in [5.41, 5.74) is 3.18. The lowest BCUT2D eigenvalue weighted by Gasteiger charge is -2.22. The fourth-order valence-electron chi connectivity index (χ4n) is 3.98. The van der Waals surface area contributed by atoms with Crippen LogP contribution in [0.2, 0.25) is 0 Å². The quantitative estimate of drug-likeness (QED) is 0.391. The highest BCUT2D eigenvalue weighted by Crippen LogP contribution is 2.43. The van der Waals surface area contributed by atoms with Crippen molar-refractivity contribution in [3.63, 3.8) is 0 Å². The standard InChI is InChI=1S/C27H26O3S/c1-18(2)20-10-12-22(13-11-20)27(31(29,30)23-15-8-19(3)9-16-23)26-24-7-5-4-6-21(24)14-17-25(26)28/h4-18,27-28H,1-3H3. The van der Waals surface area contributed by atoms with E-state index in [2.05, 4.69) is 13.8 Å². The summed E-state index contributed by atoms with van der Waals surface area (Å²) in [4.78, 5) is 0.239. The second-order valence-corrected chi connectivity index (χ2v) is 10.3. The molecule has 0 amide bonds. The Hall–Kier alpha value is -3.11. The van der Waals surface area contributed by atoms with E-state index in [1.807, 2.05) is 61.5 Å². The Labute approximate surface area is 183 Å². The number of aromatic hydroxyl groups is 1. The third-order valence-corrected chi connectivity index (χ3v) is 7.83. The van der Waals surface area contributed by atoms with Gasteiger partial charge >= 0.3 is 0 Å². The average Bonchev–Trinajstić information content (AvgIpc) is 2.76. The van der Waals surface area contributed by atoms with E-state index >= 15 is 0 Å². The van der Waals surface area contributed by atoms with Crippen LogP contribution >= 0.6 is 0 Å². The van der Waals surface area contributed by atoms with Gasteiger partial charge in [-0.05, 0) is 52.9 Å². The summed E-state index contributed by atoms with van der Waals surface area (Å²) in [6.45, 7) is 6.13. The van der Waals surface area contributed by atoms with Crippen LogP contribution in [0.1, 0.15) is 47.3 Å². The Morgan fingerprint density at radius 1 is 0.742 bits per heavy atom. The smallest absolute Gasteiger partial charge is 0.189 e. The van der Waals surface area contributed by atoms with Gasteiger partial charge in [-0.2, -0.15) is 0 Å². The minimum absolute atomic E-state index is 0.0210. The second-order valence-electron chi connectivity index (χ2n) is 8.28. The van der Waals surface area contributed by atoms with Gasteiger partial charge in [0.05, 0.1) is 4.90 Å². The highest BCUT2D eigenvalue weighted by atomic mass is 32.2. The van der Waals surface area contributed by atoms with Crippen molar-refractivity contribution < 1.29 is 13.5 Å². The topological polar surface area (TPSA) is 54.4 Å². The summed E-state index contributed by atoms with van der Waals surface area (Å²) in [6, 6.07) is 25.5. The van der Waals surface area contributed by atoms with Crippen molar-refractivity contribution in [1.29, 1.82) is 0 Å². The third kappa shape index (κ3) is 3.96. The predicted octanol–water partition coefficient (Wildman–Crippen LogP) is 6.54. The van der Waals surface area contributed by atoms with Crippen LogP contribution in [0.4, 0.5) is 0 Å². The van der Waals surface area contributed by atoms with E-state index in [1.54, 1.807) is 30.3 Å². The van der Waals surface area contributed by atoms with Crippen LogP contribution in [0.25, 0.3) is 10.8 Å². The van der Waals surface area contributed by atoms with Crippen molar-refractivity contribution in [2.75, 3.05) is 0 Å². The average molecular weight is 431 g/mol. The van der Waals surface area contributed by atoms with Crippen molar-refractivity contribution in [2.45, 2.75) is 36.8 Å². The first-order valence-electron chi connectivity index (χ1n) is 10.4. The molecule has 3 nitrogen and oxygen atoms in total. The zero-order valence-electron chi connectivity index (χ0n) is 17.9. The fourth-order valence-corrected chi connectivity index (χ4v) is 5.84. The molecule has 4 heteroatoms. The summed E-state index contributed by atoms with van der Waals surface area (Å²) >= 11 is 0. The van der Waals surface area contributed by atoms with Crippen LogP contribution in [-0.4, -0.2) is 13.5 Å². The van der Waals surface area contributed by atoms with Gasteiger partial charge in [0.15, 0.2) is 9.84 Å². The van der Waals surface area contributed by atoms with Gasteiger partial charge in [-0.1, -0.05) is 86.1 Å². The third-order valence-electron chi connectivity index (χ3n) is 5.78. The summed E-state index contributed by atoms with van der Waals surface area (Å²) in [6.07, 6.45) is 0. The molecule has 0 aliphatic heterocycles. The van der Waals surface area contributed by atoms with Crippen LogP contribution in [0.5, 0.6) is 5.75 Å². The zero-order chi connectivity index (χ0) is 22.2. The maximum Gasteiger partial charge on any atom is 0.189 e. The van der Waals surface area contributed by atoms with Gasteiger partial charge in [-0.3, -0.25) is 0 Å². The number of phenols is 1. The molecule has 1 atom stereocenters. The van der Waals surface area contributed by atoms with E-state index in [0.717, 1.165) is 21.9 Å². The summed E-state index contributed by atoms with van der Waals surface area (Å²) in [7, 11) is -3.83. The summed E-state index contributed by atoms with van der Waals surface area (Å²) in [5, 5.41) is 11.5. The highest BCUT2D eigenvalue weighted by Gasteiger charge is 2.34. The first-order valence-corrected chi connectivity index (χ1v) is 11.9. The normalized spacial score (nSPS) is 12.9. The van der Waals surface area contributed by atoms with E-state index in [9.17, 15) is 13.5 Å². The fraction of sp³-hybridized carbons (Fsp3) is 0.185. The molecule has 4 aromatic carbocycles. The summed E-state index contributed by atoms with van der Waals surface area (Å²) in [5.74, 6) is 0.319. The molecule has 0 spiro atoms. The number of fused-ring (bicyclic) bond motifs is 1. The van der Waals surface area contributed by atoms with E-state index in [1.165, 1.54) is 0 Å². The van der Waals surface area contributed by atoms with E-state index < -0.39 is 15.1 Å². The predicted molar refractivity (Wildman–Crippen MR) is 126 cm³/mol. The van der Waals surface area contributed by atoms with Gasteiger partial charge in [0, 0.05) is 5.56 Å². The minimum Gasteiger partial charge on any atom is -0.508 e. The molecule has 0 fully saturated rings. The van der Waals surface area contributed by atoms with Crippen molar-refractivity contribution in [3.8, 4) is 5.75 Å². The Morgan fingerprint density at radius 2 is 1.35 bits per heavy atom. The molecular formula is C27H26O3S. The molecule has 4 rings (SSSR count). The molecule has 1 unspecified atom stereocenters. The number of sulfone groups is 1. The van der Waals surface area contributed by atoms with Crippen molar-refractivity contribution >= 4 is 20.6 Å². The van der Waals surface area contributed by atoms with Gasteiger partial charge in [0.1, 0.15) is 11.0 Å². The van der Waals surface area contributed by atoms with Crippen LogP contribution in [0.15, 0.2) is 89.8 Å². The molecule has 0 saturated heterocycles. The SMILES string of the molecule is Cc1ccc(S(=O)(=O)C(c2ccc(C(C)C)cc2)c2c(O)ccc3ccccc23)cc1. The van der Waals surface area contributed by atoms with Crippen LogP contribution in [-0.2, 0) is 9.84 Å². The maximum atomic E-state index is 13.9. The first-order chi connectivity index (χ1) is 14.8. The van der Waals surface area contributed by atoms with Gasteiger partial charge in [-0.15, -0.1) is 0 Å². The van der Waals surface area contributed by atoms with Crippen LogP contribution < -0.4 is 0 Å². The largest absolute Gasteiger partial charge is 0.508 e. The molecule has 0 aliphatic carbocycles. The number of aryl methyl sites for hydroxylation is 1. The lowest BCUT2D eigenvalue weighted by molar-refractivity contribution is 0.469. The molecule has 4 aromatic rings. The monoisotopic (exact) mass is 430 g/mol. The Kier molecular flexibility index (Phi) is 5.59. The molecular weight excluding hydrogens is 404 g/mol. The Bertz CT molecular complexity index is 1320. The zero-order valence-corrected chi connectivity index (χ0v) is 18.7. The number of hydrogen-bond acceptors (Lipinski definition) is 3. The molecule has 0 radical (unpaired) electrons. The van der Waals surface area contributed by atoms with Gasteiger partial charge in [0.25, 0.3) is 0 Å². The molecule has 0 heterocycles. The van der Waals surface area contributed by atoms with E-state index in [-0.39, 0.29) is 10.6 Å². The molecule has 0 bridgehead atoms. The number of benzene rings is 4. The van der Waals surface area contributed by atoms with E-state index in [4.69, 9.17) is 0 Å². The number of rotatable bonds is 5. The lowest BCUT2D eigenvalue weighted by Crippen LogP contribution is -2.16. The highest BCUT2D eigenvalue weighted by molar-refractivity contribution is 7.92. The maximum absolute atomic E-state index is 13.9. The summed E-state index contributed by atoms with van der Waals surface area (Å²) < 4.78 is 27.9. The first kappa shape index (κ1) is 21.1. The number of phenolic OH excluding ortho intramolecular Hbond substituents is 1. The molecule has 158 valence electrons. The van der Waals surface area contributed by atoms with Gasteiger partial charge in [-0.25, -0.2) is 8.42 Å². The van der Waals surface area contributed by atoms with Crippen molar-refractivity contribution in [1.82, 2.24) is 0 Å². The van der Waals surface area contributed by atoms with Crippen LogP contribution in [0.3, 0.4) is 0 Å². The minimum atomic E-state index is -3.83. The Morgan fingerprint density at radius 3 is 2.00 bits per heavy atom. The van der Waals surface area contributed by atoms with Gasteiger partial charge < -0.3 is 5.11 Å². The second kappa shape index (κ2) is 8.20. The molecule has 1 N–H and O–H groups in total. The lowest BCUT2D eigenvalue weighted by atomic mass is 9.95. The molecule has 0 aliphatic rings. The number of hydrogen-bond donors (Lipinski definition) is 1. The molecule has 31 heavy (non-hydrogen) atoms. The van der Waals surface area contributed by atoms with Gasteiger partial charge in [0.2, 0.25) is 0 Å². The van der Waals surface area contributed by atoms with Crippen LogP contribution in [0, 0.1) is 6.92 Å². The van der Waals surface area contributed by atoms with Crippen molar-refractivity contribution in [2.24, 2.45) is 0 Å². The molecule has 0 saturated carbocycles. The van der Waals surface area contributed by atoms with E-state index in [0.29, 0.717) is 17.0 Å².